The minimum Gasteiger partial charge on any atom is -0.466 e. The highest BCUT2D eigenvalue weighted by atomic mass is 16.5. The van der Waals surface area contributed by atoms with Gasteiger partial charge in [0.1, 0.15) is 0 Å². The Morgan fingerprint density at radius 2 is 1.90 bits per heavy atom. The fraction of sp³-hybridized carbons (Fsp3) is 0.769. The molecule has 1 unspecified atom stereocenters. The van der Waals surface area contributed by atoms with Crippen LogP contribution in [0.1, 0.15) is 26.7 Å². The van der Waals surface area contributed by atoms with Gasteiger partial charge in [-0.3, -0.25) is 19.8 Å². The maximum atomic E-state index is 11.8. The number of carbonyl (C=O) groups is 3. The third kappa shape index (κ3) is 4.48. The molecule has 1 atom stereocenters. The molecule has 1 aliphatic heterocycles. The summed E-state index contributed by atoms with van der Waals surface area (Å²) in [5.41, 5.74) is 0. The van der Waals surface area contributed by atoms with Gasteiger partial charge in [0.25, 0.3) is 0 Å². The van der Waals surface area contributed by atoms with E-state index in [1.165, 1.54) is 7.05 Å². The van der Waals surface area contributed by atoms with Crippen molar-refractivity contribution < 1.29 is 19.1 Å². The fourth-order valence-electron chi connectivity index (χ4n) is 2.23. The van der Waals surface area contributed by atoms with E-state index in [1.807, 2.05) is 4.90 Å². The van der Waals surface area contributed by atoms with Gasteiger partial charge in [-0.25, -0.2) is 4.79 Å². The van der Waals surface area contributed by atoms with Crippen LogP contribution in [-0.2, 0) is 14.3 Å². The summed E-state index contributed by atoms with van der Waals surface area (Å²) < 4.78 is 5.00. The molecular formula is C13H23N3O4. The molecule has 0 aromatic carbocycles. The van der Waals surface area contributed by atoms with E-state index < -0.39 is 12.1 Å². The lowest BCUT2D eigenvalue weighted by molar-refractivity contribution is -0.149. The molecule has 0 saturated carbocycles. The van der Waals surface area contributed by atoms with Crippen LogP contribution >= 0.6 is 0 Å². The van der Waals surface area contributed by atoms with Gasteiger partial charge in [-0.15, -0.1) is 0 Å². The largest absolute Gasteiger partial charge is 0.466 e. The average molecular weight is 285 g/mol. The third-order valence-corrected chi connectivity index (χ3v) is 3.54. The first kappa shape index (κ1) is 16.4. The number of nitrogens with one attached hydrogen (secondary N) is 2. The van der Waals surface area contributed by atoms with Crippen LogP contribution in [0.2, 0.25) is 0 Å². The highest BCUT2D eigenvalue weighted by Gasteiger charge is 2.30. The highest BCUT2D eigenvalue weighted by molar-refractivity contribution is 5.96. The van der Waals surface area contributed by atoms with Crippen LogP contribution in [0.25, 0.3) is 0 Å². The maximum absolute atomic E-state index is 11.8. The second kappa shape index (κ2) is 7.84. The predicted octanol–water partition coefficient (Wildman–Crippen LogP) is 0.106. The Balaban J connectivity index is 2.42. The van der Waals surface area contributed by atoms with E-state index in [4.69, 9.17) is 4.74 Å². The molecule has 114 valence electrons. The van der Waals surface area contributed by atoms with Crippen molar-refractivity contribution in [1.29, 1.82) is 0 Å². The Hall–Kier alpha value is -1.63. The molecule has 2 N–H and O–H groups in total. The number of nitrogens with zero attached hydrogens (tertiary/aromatic N) is 1. The molecule has 3 amide bonds. The number of esters is 1. The van der Waals surface area contributed by atoms with E-state index in [2.05, 4.69) is 10.6 Å². The van der Waals surface area contributed by atoms with Gasteiger partial charge in [0.15, 0.2) is 0 Å². The highest BCUT2D eigenvalue weighted by Crippen LogP contribution is 2.20. The second-order valence-electron chi connectivity index (χ2n) is 4.81. The summed E-state index contributed by atoms with van der Waals surface area (Å²) in [5, 5.41) is 4.60. The number of likely N-dealkylation sites (tertiary alicyclic amines) is 1. The molecule has 0 spiro atoms. The van der Waals surface area contributed by atoms with E-state index in [0.29, 0.717) is 32.5 Å². The number of rotatable bonds is 4. The molecule has 20 heavy (non-hydrogen) atoms. The SMILES string of the molecule is CCOC(=O)C1CCN(C(C)C(=O)NC(=O)NC)CC1. The van der Waals surface area contributed by atoms with Crippen molar-refractivity contribution in [3.8, 4) is 0 Å². The van der Waals surface area contributed by atoms with Crippen LogP contribution < -0.4 is 10.6 Å². The number of hydrogen-bond donors (Lipinski definition) is 2. The number of urea groups is 1. The topological polar surface area (TPSA) is 87.7 Å². The quantitative estimate of drug-likeness (QED) is 0.716. The van der Waals surface area contributed by atoms with Gasteiger partial charge < -0.3 is 10.1 Å². The fourth-order valence-corrected chi connectivity index (χ4v) is 2.23. The summed E-state index contributed by atoms with van der Waals surface area (Å²) in [7, 11) is 1.46. The monoisotopic (exact) mass is 285 g/mol. The number of imide groups is 1. The number of amides is 3. The summed E-state index contributed by atoms with van der Waals surface area (Å²) in [4.78, 5) is 36.5. The molecule has 7 nitrogen and oxygen atoms in total. The van der Waals surface area contributed by atoms with Crippen LogP contribution in [0, 0.1) is 5.92 Å². The Labute approximate surface area is 119 Å². The van der Waals surface area contributed by atoms with Gasteiger partial charge in [-0.05, 0) is 39.8 Å². The zero-order valence-electron chi connectivity index (χ0n) is 12.3. The maximum Gasteiger partial charge on any atom is 0.321 e. The normalized spacial score (nSPS) is 18.1. The van der Waals surface area contributed by atoms with Crippen LogP contribution in [0.5, 0.6) is 0 Å². The minimum absolute atomic E-state index is 0.0830. The molecule has 0 bridgehead atoms. The molecule has 0 aromatic heterocycles. The lowest BCUT2D eigenvalue weighted by Crippen LogP contribution is -2.51. The first-order valence-corrected chi connectivity index (χ1v) is 6.92. The summed E-state index contributed by atoms with van der Waals surface area (Å²) in [6, 6.07) is -0.904. The summed E-state index contributed by atoms with van der Waals surface area (Å²) >= 11 is 0. The van der Waals surface area contributed by atoms with E-state index in [0.717, 1.165) is 0 Å². The molecule has 1 saturated heterocycles. The van der Waals surface area contributed by atoms with Crippen LogP contribution in [-0.4, -0.2) is 55.6 Å². The molecule has 1 fully saturated rings. The van der Waals surface area contributed by atoms with Crippen molar-refractivity contribution in [2.75, 3.05) is 26.7 Å². The van der Waals surface area contributed by atoms with Crippen molar-refractivity contribution in [3.63, 3.8) is 0 Å². The molecule has 1 heterocycles. The zero-order chi connectivity index (χ0) is 15.1. The number of ether oxygens (including phenoxy) is 1. The second-order valence-corrected chi connectivity index (χ2v) is 4.81. The van der Waals surface area contributed by atoms with Crippen molar-refractivity contribution in [2.24, 2.45) is 5.92 Å². The molecule has 1 aliphatic rings. The van der Waals surface area contributed by atoms with Gasteiger partial charge in [0.05, 0.1) is 18.6 Å². The molecule has 0 aliphatic carbocycles. The average Bonchev–Trinajstić information content (AvgIpc) is 2.46. The van der Waals surface area contributed by atoms with Gasteiger partial charge in [-0.2, -0.15) is 0 Å². The number of piperidine rings is 1. The predicted molar refractivity (Wildman–Crippen MR) is 73.0 cm³/mol. The van der Waals surface area contributed by atoms with Crippen molar-refractivity contribution >= 4 is 17.9 Å². The summed E-state index contributed by atoms with van der Waals surface area (Å²) in [6.07, 6.45) is 1.35. The van der Waals surface area contributed by atoms with Gasteiger partial charge >= 0.3 is 12.0 Å². The van der Waals surface area contributed by atoms with Crippen LogP contribution in [0.15, 0.2) is 0 Å². The number of carbonyl (C=O) groups excluding carboxylic acids is 3. The van der Waals surface area contributed by atoms with Crippen molar-refractivity contribution in [2.45, 2.75) is 32.7 Å². The van der Waals surface area contributed by atoms with Gasteiger partial charge in [0.2, 0.25) is 5.91 Å². The van der Waals surface area contributed by atoms with Gasteiger partial charge in [0, 0.05) is 7.05 Å². The van der Waals surface area contributed by atoms with Crippen molar-refractivity contribution in [3.05, 3.63) is 0 Å². The Bertz CT molecular complexity index is 365. The first-order valence-electron chi connectivity index (χ1n) is 6.92. The zero-order valence-corrected chi connectivity index (χ0v) is 12.3. The van der Waals surface area contributed by atoms with E-state index in [9.17, 15) is 14.4 Å². The third-order valence-electron chi connectivity index (χ3n) is 3.54. The standard InChI is InChI=1S/C13H23N3O4/c1-4-20-12(18)10-5-7-16(8-6-10)9(2)11(17)15-13(19)14-3/h9-10H,4-8H2,1-3H3,(H2,14,15,17,19). The van der Waals surface area contributed by atoms with E-state index in [-0.39, 0.29) is 17.8 Å². The lowest BCUT2D eigenvalue weighted by Gasteiger charge is -2.34. The lowest BCUT2D eigenvalue weighted by atomic mass is 9.96. The molecular weight excluding hydrogens is 262 g/mol. The molecule has 0 radical (unpaired) electrons. The van der Waals surface area contributed by atoms with E-state index in [1.54, 1.807) is 13.8 Å². The Kier molecular flexibility index (Phi) is 6.44. The smallest absolute Gasteiger partial charge is 0.321 e. The molecule has 1 rings (SSSR count). The first-order chi connectivity index (χ1) is 9.49. The molecule has 7 heteroatoms. The molecule has 0 aromatic rings. The van der Waals surface area contributed by atoms with Gasteiger partial charge in [-0.1, -0.05) is 0 Å². The van der Waals surface area contributed by atoms with Crippen molar-refractivity contribution in [1.82, 2.24) is 15.5 Å². The summed E-state index contributed by atoms with van der Waals surface area (Å²) in [6.45, 7) is 5.22. The van der Waals surface area contributed by atoms with E-state index >= 15 is 0 Å². The van der Waals surface area contributed by atoms with Crippen LogP contribution in [0.4, 0.5) is 4.79 Å². The number of hydrogen-bond acceptors (Lipinski definition) is 5. The Morgan fingerprint density at radius 3 is 2.40 bits per heavy atom. The minimum atomic E-state index is -0.511. The van der Waals surface area contributed by atoms with Crippen LogP contribution in [0.3, 0.4) is 0 Å². The Morgan fingerprint density at radius 1 is 1.30 bits per heavy atom. The summed E-state index contributed by atoms with van der Waals surface area (Å²) in [5.74, 6) is -0.575.